The molecule has 1 N–H and O–H groups in total. The molecule has 0 aliphatic carbocycles. The van der Waals surface area contributed by atoms with Gasteiger partial charge in [0.25, 0.3) is 0 Å². The molecule has 1 aromatic rings. The number of thioether (sulfide) groups is 1. The molecule has 2 heteroatoms. The van der Waals surface area contributed by atoms with Crippen LogP contribution in [0.4, 0.5) is 0 Å². The molecule has 1 aromatic carbocycles. The number of rotatable bonds is 6. The van der Waals surface area contributed by atoms with Gasteiger partial charge in [-0.3, -0.25) is 0 Å². The molecule has 1 nitrogen and oxygen atoms in total. The maximum atomic E-state index is 3.64. The Balaban J connectivity index is 2.78. The Bertz CT molecular complexity index is 294. The first-order valence-electron chi connectivity index (χ1n) is 6.01. The van der Waals surface area contributed by atoms with Gasteiger partial charge in [-0.15, -0.1) is 0 Å². The molecule has 0 amide bonds. The topological polar surface area (TPSA) is 12.0 Å². The molecule has 0 aliphatic rings. The highest BCUT2D eigenvalue weighted by Gasteiger charge is 2.17. The van der Waals surface area contributed by atoms with Crippen molar-refractivity contribution in [2.45, 2.75) is 38.5 Å². The van der Waals surface area contributed by atoms with Crippen molar-refractivity contribution in [1.82, 2.24) is 5.32 Å². The summed E-state index contributed by atoms with van der Waals surface area (Å²) < 4.78 is 0. The minimum atomic E-state index is 0.468. The lowest BCUT2D eigenvalue weighted by Crippen LogP contribution is -2.29. The van der Waals surface area contributed by atoms with Crippen LogP contribution < -0.4 is 5.32 Å². The van der Waals surface area contributed by atoms with E-state index >= 15 is 0 Å². The van der Waals surface area contributed by atoms with Gasteiger partial charge in [0, 0.05) is 11.3 Å². The van der Waals surface area contributed by atoms with Gasteiger partial charge in [0.15, 0.2) is 0 Å². The van der Waals surface area contributed by atoms with E-state index in [2.05, 4.69) is 56.6 Å². The standard InChI is InChI=1S/C14H23NS/c1-5-10-15-14(12(3)16-4)13-8-6-11(2)7-9-13/h6-9,12,14-15H,5,10H2,1-4H3. The fourth-order valence-electron chi connectivity index (χ4n) is 1.76. The Morgan fingerprint density at radius 3 is 2.38 bits per heavy atom. The van der Waals surface area contributed by atoms with Crippen LogP contribution in [-0.4, -0.2) is 18.1 Å². The molecule has 0 fully saturated rings. The molecule has 2 atom stereocenters. The molecule has 0 saturated carbocycles. The van der Waals surface area contributed by atoms with Crippen LogP contribution >= 0.6 is 11.8 Å². The minimum Gasteiger partial charge on any atom is -0.309 e. The maximum Gasteiger partial charge on any atom is 0.0437 e. The smallest absolute Gasteiger partial charge is 0.0437 e. The third kappa shape index (κ3) is 3.84. The molecule has 0 aromatic heterocycles. The molecule has 0 heterocycles. The average molecular weight is 237 g/mol. The largest absolute Gasteiger partial charge is 0.309 e. The molecule has 0 aliphatic heterocycles. The zero-order valence-corrected chi connectivity index (χ0v) is 11.6. The molecule has 16 heavy (non-hydrogen) atoms. The lowest BCUT2D eigenvalue weighted by atomic mass is 10.0. The monoisotopic (exact) mass is 237 g/mol. The Hall–Kier alpha value is -0.470. The molecule has 0 radical (unpaired) electrons. The van der Waals surface area contributed by atoms with Crippen LogP contribution in [0.15, 0.2) is 24.3 Å². The van der Waals surface area contributed by atoms with Gasteiger partial charge < -0.3 is 5.32 Å². The van der Waals surface area contributed by atoms with Gasteiger partial charge in [0.1, 0.15) is 0 Å². The summed E-state index contributed by atoms with van der Waals surface area (Å²) in [7, 11) is 0. The highest BCUT2D eigenvalue weighted by Crippen LogP contribution is 2.25. The van der Waals surface area contributed by atoms with Crippen molar-refractivity contribution in [2.75, 3.05) is 12.8 Å². The first kappa shape index (κ1) is 13.6. The van der Waals surface area contributed by atoms with Gasteiger partial charge >= 0.3 is 0 Å². The molecule has 1 rings (SSSR count). The summed E-state index contributed by atoms with van der Waals surface area (Å²) in [6, 6.07) is 9.35. The Morgan fingerprint density at radius 2 is 1.88 bits per heavy atom. The Morgan fingerprint density at radius 1 is 1.25 bits per heavy atom. The van der Waals surface area contributed by atoms with Gasteiger partial charge in [-0.05, 0) is 31.7 Å². The molecule has 0 saturated heterocycles. The van der Waals surface area contributed by atoms with Crippen molar-refractivity contribution in [3.63, 3.8) is 0 Å². The second kappa shape index (κ2) is 6.97. The lowest BCUT2D eigenvalue weighted by Gasteiger charge is -2.24. The molecule has 0 bridgehead atoms. The van der Waals surface area contributed by atoms with Crippen molar-refractivity contribution >= 4 is 11.8 Å². The van der Waals surface area contributed by atoms with E-state index < -0.39 is 0 Å². The number of aryl methyl sites for hydroxylation is 1. The van der Waals surface area contributed by atoms with Gasteiger partial charge in [-0.25, -0.2) is 0 Å². The lowest BCUT2D eigenvalue weighted by molar-refractivity contribution is 0.528. The number of hydrogen-bond acceptors (Lipinski definition) is 2. The zero-order valence-electron chi connectivity index (χ0n) is 10.8. The molecular weight excluding hydrogens is 214 g/mol. The zero-order chi connectivity index (χ0) is 12.0. The Labute approximate surface area is 104 Å². The van der Waals surface area contributed by atoms with Crippen LogP contribution in [0.3, 0.4) is 0 Å². The van der Waals surface area contributed by atoms with Crippen molar-refractivity contribution in [3.8, 4) is 0 Å². The predicted octanol–water partition coefficient (Wildman–Crippen LogP) is 3.79. The summed E-state index contributed by atoms with van der Waals surface area (Å²) >= 11 is 1.92. The summed E-state index contributed by atoms with van der Waals surface area (Å²) in [6.45, 7) is 7.72. The summed E-state index contributed by atoms with van der Waals surface area (Å²) in [5.41, 5.74) is 2.73. The number of nitrogens with one attached hydrogen (secondary N) is 1. The van der Waals surface area contributed by atoms with Crippen molar-refractivity contribution in [1.29, 1.82) is 0 Å². The number of hydrogen-bond donors (Lipinski definition) is 1. The quantitative estimate of drug-likeness (QED) is 0.808. The molecular formula is C14H23NS. The summed E-state index contributed by atoms with van der Waals surface area (Å²) in [5, 5.41) is 4.24. The fourth-order valence-corrected chi connectivity index (χ4v) is 2.29. The number of benzene rings is 1. The average Bonchev–Trinajstić information content (AvgIpc) is 2.31. The van der Waals surface area contributed by atoms with Crippen LogP contribution in [0.25, 0.3) is 0 Å². The van der Waals surface area contributed by atoms with E-state index in [1.165, 1.54) is 17.5 Å². The van der Waals surface area contributed by atoms with Crippen LogP contribution in [0.5, 0.6) is 0 Å². The van der Waals surface area contributed by atoms with Crippen molar-refractivity contribution < 1.29 is 0 Å². The SMILES string of the molecule is CCCNC(c1ccc(C)cc1)C(C)SC. The maximum absolute atomic E-state index is 3.64. The molecule has 90 valence electrons. The highest BCUT2D eigenvalue weighted by atomic mass is 32.2. The normalized spacial score (nSPS) is 14.8. The van der Waals surface area contributed by atoms with E-state index in [4.69, 9.17) is 0 Å². The first-order chi connectivity index (χ1) is 7.69. The van der Waals surface area contributed by atoms with E-state index in [0.29, 0.717) is 11.3 Å². The summed E-state index contributed by atoms with van der Waals surface area (Å²) in [6.07, 6.45) is 3.36. The van der Waals surface area contributed by atoms with E-state index in [9.17, 15) is 0 Å². The van der Waals surface area contributed by atoms with E-state index in [1.807, 2.05) is 11.8 Å². The highest BCUT2D eigenvalue weighted by molar-refractivity contribution is 7.99. The van der Waals surface area contributed by atoms with Gasteiger partial charge in [-0.1, -0.05) is 43.7 Å². The van der Waals surface area contributed by atoms with Crippen LogP contribution in [0.1, 0.15) is 37.4 Å². The second-order valence-corrected chi connectivity index (χ2v) is 5.50. The van der Waals surface area contributed by atoms with E-state index in [1.54, 1.807) is 0 Å². The summed E-state index contributed by atoms with van der Waals surface area (Å²) in [4.78, 5) is 0. The van der Waals surface area contributed by atoms with Crippen LogP contribution in [0, 0.1) is 6.92 Å². The van der Waals surface area contributed by atoms with Crippen molar-refractivity contribution in [2.24, 2.45) is 0 Å². The third-order valence-corrected chi connectivity index (χ3v) is 3.91. The fraction of sp³-hybridized carbons (Fsp3) is 0.571. The first-order valence-corrected chi connectivity index (χ1v) is 7.30. The van der Waals surface area contributed by atoms with E-state index in [0.717, 1.165) is 6.54 Å². The van der Waals surface area contributed by atoms with Gasteiger partial charge in [-0.2, -0.15) is 11.8 Å². The molecule has 0 spiro atoms. The Kier molecular flexibility index (Phi) is 5.93. The summed E-state index contributed by atoms with van der Waals surface area (Å²) in [5.74, 6) is 0. The van der Waals surface area contributed by atoms with Crippen LogP contribution in [-0.2, 0) is 0 Å². The van der Waals surface area contributed by atoms with Gasteiger partial charge in [0.05, 0.1) is 0 Å². The van der Waals surface area contributed by atoms with E-state index in [-0.39, 0.29) is 0 Å². The predicted molar refractivity (Wildman–Crippen MR) is 75.2 cm³/mol. The molecule has 2 unspecified atom stereocenters. The van der Waals surface area contributed by atoms with Crippen molar-refractivity contribution in [3.05, 3.63) is 35.4 Å². The third-order valence-electron chi connectivity index (χ3n) is 2.89. The van der Waals surface area contributed by atoms with Crippen LogP contribution in [0.2, 0.25) is 0 Å². The minimum absolute atomic E-state index is 0.468. The van der Waals surface area contributed by atoms with Gasteiger partial charge in [0.2, 0.25) is 0 Å². The second-order valence-electron chi connectivity index (χ2n) is 4.28.